The quantitative estimate of drug-likeness (QED) is 0.818. The van der Waals surface area contributed by atoms with Crippen LogP contribution < -0.4 is 10.1 Å². The van der Waals surface area contributed by atoms with Gasteiger partial charge in [0.05, 0.1) is 12.7 Å². The van der Waals surface area contributed by atoms with E-state index in [4.69, 9.17) is 4.74 Å². The van der Waals surface area contributed by atoms with Crippen LogP contribution in [0, 0.1) is 5.82 Å². The highest BCUT2D eigenvalue weighted by atomic mass is 19.1. The number of ether oxygens (including phenoxy) is 1. The molecule has 2 unspecified atom stereocenters. The molecule has 128 valence electrons. The van der Waals surface area contributed by atoms with Gasteiger partial charge in [0.2, 0.25) is 0 Å². The molecule has 0 bridgehead atoms. The fourth-order valence-corrected chi connectivity index (χ4v) is 2.34. The number of rotatable bonds is 7. The fourth-order valence-electron chi connectivity index (χ4n) is 2.34. The molecule has 0 fully saturated rings. The van der Waals surface area contributed by atoms with E-state index in [1.807, 2.05) is 6.92 Å². The average molecular weight is 332 g/mol. The number of carbonyl (C=O) groups excluding carboxylic acids is 1. The van der Waals surface area contributed by atoms with Crippen LogP contribution >= 0.6 is 0 Å². The van der Waals surface area contributed by atoms with Crippen molar-refractivity contribution >= 4 is 5.91 Å². The van der Waals surface area contributed by atoms with Crippen LogP contribution in [-0.4, -0.2) is 28.6 Å². The minimum absolute atomic E-state index is 0.211. The summed E-state index contributed by atoms with van der Waals surface area (Å²) in [4.78, 5) is 16.4. The Morgan fingerprint density at radius 2 is 2.04 bits per heavy atom. The number of aliphatic hydroxyl groups excluding tert-OH is 1. The van der Waals surface area contributed by atoms with Crippen molar-refractivity contribution in [2.24, 2.45) is 0 Å². The standard InChI is InChI=1S/C18H21FN2O3/c1-3-24-16-5-4-10-20-17(16)18(23)21-12(2)11-15(22)13-6-8-14(19)9-7-13/h4-10,12,15,22H,3,11H2,1-2H3,(H,21,23). The lowest BCUT2D eigenvalue weighted by Crippen LogP contribution is -2.34. The number of carbonyl (C=O) groups is 1. The first-order chi connectivity index (χ1) is 11.5. The molecule has 0 saturated carbocycles. The summed E-state index contributed by atoms with van der Waals surface area (Å²) < 4.78 is 18.3. The molecule has 1 aromatic heterocycles. The molecule has 5 nitrogen and oxygen atoms in total. The lowest BCUT2D eigenvalue weighted by Gasteiger charge is -2.18. The van der Waals surface area contributed by atoms with Crippen molar-refractivity contribution in [1.29, 1.82) is 0 Å². The molecule has 1 heterocycles. The maximum absolute atomic E-state index is 12.9. The number of benzene rings is 1. The van der Waals surface area contributed by atoms with E-state index in [1.54, 1.807) is 19.1 Å². The highest BCUT2D eigenvalue weighted by Crippen LogP contribution is 2.20. The zero-order valence-corrected chi connectivity index (χ0v) is 13.7. The number of nitrogens with one attached hydrogen (secondary N) is 1. The van der Waals surface area contributed by atoms with Crippen LogP contribution in [0.1, 0.15) is 42.4 Å². The molecule has 0 aliphatic heterocycles. The van der Waals surface area contributed by atoms with E-state index < -0.39 is 6.10 Å². The molecule has 0 saturated heterocycles. The van der Waals surface area contributed by atoms with Gasteiger partial charge < -0.3 is 15.2 Å². The molecular formula is C18H21FN2O3. The predicted octanol–water partition coefficient (Wildman–Crippen LogP) is 2.86. The Hall–Kier alpha value is -2.47. The first kappa shape index (κ1) is 17.9. The van der Waals surface area contributed by atoms with Crippen molar-refractivity contribution in [2.75, 3.05) is 6.61 Å². The highest BCUT2D eigenvalue weighted by Gasteiger charge is 2.18. The molecule has 0 aliphatic rings. The lowest BCUT2D eigenvalue weighted by atomic mass is 10.0. The highest BCUT2D eigenvalue weighted by molar-refractivity contribution is 5.95. The molecule has 2 N–H and O–H groups in total. The minimum atomic E-state index is -0.795. The van der Waals surface area contributed by atoms with Crippen LogP contribution in [0.15, 0.2) is 42.6 Å². The van der Waals surface area contributed by atoms with Crippen LogP contribution in [0.2, 0.25) is 0 Å². The van der Waals surface area contributed by atoms with Crippen molar-refractivity contribution < 1.29 is 19.0 Å². The lowest BCUT2D eigenvalue weighted by molar-refractivity contribution is 0.0908. The summed E-state index contributed by atoms with van der Waals surface area (Å²) >= 11 is 0. The molecule has 0 aliphatic carbocycles. The Morgan fingerprint density at radius 3 is 2.71 bits per heavy atom. The zero-order chi connectivity index (χ0) is 17.5. The Bertz CT molecular complexity index is 676. The largest absolute Gasteiger partial charge is 0.491 e. The van der Waals surface area contributed by atoms with E-state index in [0.29, 0.717) is 24.3 Å². The van der Waals surface area contributed by atoms with E-state index in [2.05, 4.69) is 10.3 Å². The Balaban J connectivity index is 1.97. The zero-order valence-electron chi connectivity index (χ0n) is 13.7. The average Bonchev–Trinajstić information content (AvgIpc) is 2.56. The topological polar surface area (TPSA) is 71.5 Å². The number of aromatic nitrogens is 1. The predicted molar refractivity (Wildman–Crippen MR) is 88.3 cm³/mol. The molecule has 1 amide bonds. The van der Waals surface area contributed by atoms with E-state index in [-0.39, 0.29) is 23.5 Å². The van der Waals surface area contributed by atoms with E-state index in [9.17, 15) is 14.3 Å². The summed E-state index contributed by atoms with van der Waals surface area (Å²) in [5.41, 5.74) is 0.813. The van der Waals surface area contributed by atoms with Gasteiger partial charge in [0.25, 0.3) is 5.91 Å². The first-order valence-electron chi connectivity index (χ1n) is 7.83. The minimum Gasteiger partial charge on any atom is -0.491 e. The van der Waals surface area contributed by atoms with Crippen molar-refractivity contribution in [3.8, 4) is 5.75 Å². The second-order valence-electron chi connectivity index (χ2n) is 5.46. The Morgan fingerprint density at radius 1 is 1.33 bits per heavy atom. The smallest absolute Gasteiger partial charge is 0.273 e. The maximum Gasteiger partial charge on any atom is 0.273 e. The van der Waals surface area contributed by atoms with Gasteiger partial charge in [0, 0.05) is 12.2 Å². The van der Waals surface area contributed by atoms with Crippen molar-refractivity contribution in [1.82, 2.24) is 10.3 Å². The van der Waals surface area contributed by atoms with Gasteiger partial charge in [-0.3, -0.25) is 4.79 Å². The number of pyridine rings is 1. The molecule has 2 atom stereocenters. The fraction of sp³-hybridized carbons (Fsp3) is 0.333. The van der Waals surface area contributed by atoms with Gasteiger partial charge in [0.15, 0.2) is 11.4 Å². The van der Waals surface area contributed by atoms with Crippen molar-refractivity contribution in [3.63, 3.8) is 0 Å². The summed E-state index contributed by atoms with van der Waals surface area (Å²) in [7, 11) is 0. The van der Waals surface area contributed by atoms with Crippen LogP contribution in [0.3, 0.4) is 0 Å². The van der Waals surface area contributed by atoms with Crippen LogP contribution in [-0.2, 0) is 0 Å². The van der Waals surface area contributed by atoms with Gasteiger partial charge in [-0.1, -0.05) is 12.1 Å². The van der Waals surface area contributed by atoms with E-state index in [1.165, 1.54) is 30.5 Å². The summed E-state index contributed by atoms with van der Waals surface area (Å²) in [5, 5.41) is 13.0. The Labute approximate surface area is 140 Å². The van der Waals surface area contributed by atoms with E-state index in [0.717, 1.165) is 0 Å². The molecule has 2 aromatic rings. The van der Waals surface area contributed by atoms with Gasteiger partial charge in [-0.15, -0.1) is 0 Å². The van der Waals surface area contributed by atoms with Gasteiger partial charge in [-0.25, -0.2) is 9.37 Å². The third-order valence-corrected chi connectivity index (χ3v) is 3.49. The van der Waals surface area contributed by atoms with E-state index >= 15 is 0 Å². The molecule has 24 heavy (non-hydrogen) atoms. The molecule has 1 aromatic carbocycles. The normalized spacial score (nSPS) is 13.2. The monoisotopic (exact) mass is 332 g/mol. The molecular weight excluding hydrogens is 311 g/mol. The number of halogens is 1. The summed E-state index contributed by atoms with van der Waals surface area (Å²) in [6.45, 7) is 4.05. The number of aliphatic hydroxyl groups is 1. The van der Waals surface area contributed by atoms with Crippen LogP contribution in [0.4, 0.5) is 4.39 Å². The Kier molecular flexibility index (Phi) is 6.26. The third-order valence-electron chi connectivity index (χ3n) is 3.49. The molecule has 2 rings (SSSR count). The van der Waals surface area contributed by atoms with Gasteiger partial charge in [-0.2, -0.15) is 0 Å². The molecule has 0 spiro atoms. The summed E-state index contributed by atoms with van der Waals surface area (Å²) in [6, 6.07) is 8.73. The van der Waals surface area contributed by atoms with Crippen molar-refractivity contribution in [2.45, 2.75) is 32.4 Å². The molecule has 0 radical (unpaired) electrons. The first-order valence-corrected chi connectivity index (χ1v) is 7.83. The second kappa shape index (κ2) is 8.40. The van der Waals surface area contributed by atoms with Gasteiger partial charge >= 0.3 is 0 Å². The maximum atomic E-state index is 12.9. The SMILES string of the molecule is CCOc1cccnc1C(=O)NC(C)CC(O)c1ccc(F)cc1. The van der Waals surface area contributed by atoms with Gasteiger partial charge in [-0.05, 0) is 50.1 Å². The number of hydrogen-bond acceptors (Lipinski definition) is 4. The van der Waals surface area contributed by atoms with Crippen LogP contribution in [0.25, 0.3) is 0 Å². The third kappa shape index (κ3) is 4.76. The summed E-state index contributed by atoms with van der Waals surface area (Å²) in [5.74, 6) is -0.299. The van der Waals surface area contributed by atoms with Crippen molar-refractivity contribution in [3.05, 3.63) is 59.7 Å². The number of amides is 1. The van der Waals surface area contributed by atoms with Gasteiger partial charge in [0.1, 0.15) is 5.82 Å². The second-order valence-corrected chi connectivity index (χ2v) is 5.46. The molecule has 6 heteroatoms. The number of hydrogen-bond donors (Lipinski definition) is 2. The number of nitrogens with zero attached hydrogens (tertiary/aromatic N) is 1. The van der Waals surface area contributed by atoms with Crippen LogP contribution in [0.5, 0.6) is 5.75 Å². The summed E-state index contributed by atoms with van der Waals surface area (Å²) in [6.07, 6.45) is 1.03.